The Bertz CT molecular complexity index is 358. The van der Waals surface area contributed by atoms with Crippen molar-refractivity contribution in [3.05, 3.63) is 12.2 Å². The lowest BCUT2D eigenvalue weighted by atomic mass is 9.87. The summed E-state index contributed by atoms with van der Waals surface area (Å²) in [4.78, 5) is 0. The molecule has 156 valence electrons. The number of aliphatic hydroxyl groups is 1. The van der Waals surface area contributed by atoms with Gasteiger partial charge >= 0.3 is 0 Å². The summed E-state index contributed by atoms with van der Waals surface area (Å²) in [6.45, 7) is 13.6. The molecule has 0 aliphatic heterocycles. The molecule has 0 saturated carbocycles. The average molecular weight is 373 g/mol. The van der Waals surface area contributed by atoms with Gasteiger partial charge in [0.05, 0.1) is 24.4 Å². The second kappa shape index (κ2) is 14.6. The van der Waals surface area contributed by atoms with Crippen LogP contribution in [0.2, 0.25) is 0 Å². The SMILES string of the molecule is CCCO[C@H](CC)C[C@H](OC)[C@@H](C)/C=C/[C@@H](O)[C@H](C)[C@H](OC)[C@H](C)CC. The summed E-state index contributed by atoms with van der Waals surface area (Å²) in [6.07, 6.45) is 7.76. The van der Waals surface area contributed by atoms with Gasteiger partial charge < -0.3 is 19.3 Å². The van der Waals surface area contributed by atoms with E-state index in [9.17, 15) is 5.11 Å². The predicted molar refractivity (Wildman–Crippen MR) is 109 cm³/mol. The van der Waals surface area contributed by atoms with Crippen LogP contribution in [0.3, 0.4) is 0 Å². The van der Waals surface area contributed by atoms with E-state index in [1.54, 1.807) is 14.2 Å². The van der Waals surface area contributed by atoms with E-state index in [2.05, 4.69) is 47.6 Å². The van der Waals surface area contributed by atoms with Gasteiger partial charge in [0, 0.05) is 39.1 Å². The lowest BCUT2D eigenvalue weighted by molar-refractivity contribution is -0.0221. The zero-order valence-corrected chi connectivity index (χ0v) is 18.4. The standard InChI is InChI=1S/C22H44O4/c1-9-14-26-19(11-3)15-21(24-7)17(5)12-13-20(23)18(6)22(25-8)16(4)10-2/h12-13,16-23H,9-11,14-15H2,1-8H3/b13-12+/t16-,17+,18+,19-,20-,21+,22-/m1/s1. The van der Waals surface area contributed by atoms with E-state index in [1.165, 1.54) is 0 Å². The van der Waals surface area contributed by atoms with Gasteiger partial charge in [0.1, 0.15) is 0 Å². The van der Waals surface area contributed by atoms with E-state index in [0.717, 1.165) is 32.3 Å². The van der Waals surface area contributed by atoms with Crippen molar-refractivity contribution in [2.75, 3.05) is 20.8 Å². The third kappa shape index (κ3) is 8.98. The first-order valence-electron chi connectivity index (χ1n) is 10.4. The molecule has 0 radical (unpaired) electrons. The Morgan fingerprint density at radius 1 is 0.923 bits per heavy atom. The molecule has 0 unspecified atom stereocenters. The quantitative estimate of drug-likeness (QED) is 0.418. The van der Waals surface area contributed by atoms with Crippen molar-refractivity contribution in [3.8, 4) is 0 Å². The Morgan fingerprint density at radius 3 is 2.04 bits per heavy atom. The van der Waals surface area contributed by atoms with E-state index >= 15 is 0 Å². The maximum absolute atomic E-state index is 10.6. The van der Waals surface area contributed by atoms with E-state index in [1.807, 2.05) is 6.08 Å². The monoisotopic (exact) mass is 372 g/mol. The van der Waals surface area contributed by atoms with Crippen molar-refractivity contribution in [1.29, 1.82) is 0 Å². The van der Waals surface area contributed by atoms with Crippen LogP contribution in [-0.4, -0.2) is 50.3 Å². The molecule has 0 fully saturated rings. The van der Waals surface area contributed by atoms with Gasteiger partial charge in [-0.1, -0.05) is 60.1 Å². The fraction of sp³-hybridized carbons (Fsp3) is 0.909. The molecular weight excluding hydrogens is 328 g/mol. The molecule has 4 nitrogen and oxygen atoms in total. The minimum atomic E-state index is -0.521. The fourth-order valence-corrected chi connectivity index (χ4v) is 3.40. The van der Waals surface area contributed by atoms with Gasteiger partial charge in [0.2, 0.25) is 0 Å². The highest BCUT2D eigenvalue weighted by atomic mass is 16.5. The molecule has 0 heterocycles. The molecule has 0 aromatic carbocycles. The van der Waals surface area contributed by atoms with Crippen LogP contribution in [0.15, 0.2) is 12.2 Å². The van der Waals surface area contributed by atoms with Crippen LogP contribution in [0.25, 0.3) is 0 Å². The third-order valence-electron chi connectivity index (χ3n) is 5.54. The van der Waals surface area contributed by atoms with Gasteiger partial charge in [0.25, 0.3) is 0 Å². The van der Waals surface area contributed by atoms with Crippen molar-refractivity contribution in [2.45, 2.75) is 91.6 Å². The number of hydrogen-bond acceptors (Lipinski definition) is 4. The van der Waals surface area contributed by atoms with Crippen LogP contribution < -0.4 is 0 Å². The molecule has 0 aromatic heterocycles. The molecule has 4 heteroatoms. The molecule has 1 N–H and O–H groups in total. The van der Waals surface area contributed by atoms with E-state index < -0.39 is 6.10 Å². The van der Waals surface area contributed by atoms with Crippen LogP contribution in [-0.2, 0) is 14.2 Å². The number of rotatable bonds is 15. The van der Waals surface area contributed by atoms with Gasteiger partial charge in [0.15, 0.2) is 0 Å². The Morgan fingerprint density at radius 2 is 1.58 bits per heavy atom. The average Bonchev–Trinajstić information content (AvgIpc) is 2.66. The highest BCUT2D eigenvalue weighted by molar-refractivity contribution is 4.98. The van der Waals surface area contributed by atoms with Crippen LogP contribution in [0.4, 0.5) is 0 Å². The second-order valence-electron chi connectivity index (χ2n) is 7.59. The van der Waals surface area contributed by atoms with Gasteiger partial charge in [-0.15, -0.1) is 0 Å². The Labute approximate surface area is 162 Å². The van der Waals surface area contributed by atoms with Crippen molar-refractivity contribution in [2.24, 2.45) is 17.8 Å². The van der Waals surface area contributed by atoms with Crippen LogP contribution in [0, 0.1) is 17.8 Å². The number of hydrogen-bond donors (Lipinski definition) is 1. The van der Waals surface area contributed by atoms with Crippen molar-refractivity contribution in [3.63, 3.8) is 0 Å². The maximum Gasteiger partial charge on any atom is 0.0771 e. The van der Waals surface area contributed by atoms with Crippen LogP contribution in [0.1, 0.15) is 67.2 Å². The van der Waals surface area contributed by atoms with Crippen molar-refractivity contribution < 1.29 is 19.3 Å². The van der Waals surface area contributed by atoms with Crippen LogP contribution in [0.5, 0.6) is 0 Å². The lowest BCUT2D eigenvalue weighted by Gasteiger charge is -2.30. The summed E-state index contributed by atoms with van der Waals surface area (Å²) in [7, 11) is 3.49. The molecule has 0 aliphatic carbocycles. The first-order chi connectivity index (χ1) is 12.4. The second-order valence-corrected chi connectivity index (χ2v) is 7.59. The largest absolute Gasteiger partial charge is 0.389 e. The molecule has 0 rings (SSSR count). The number of aliphatic hydroxyl groups excluding tert-OH is 1. The van der Waals surface area contributed by atoms with Crippen molar-refractivity contribution in [1.82, 2.24) is 0 Å². The van der Waals surface area contributed by atoms with E-state index in [0.29, 0.717) is 5.92 Å². The maximum atomic E-state index is 10.6. The zero-order chi connectivity index (χ0) is 20.1. The molecule has 0 aliphatic rings. The summed E-state index contributed by atoms with van der Waals surface area (Å²) in [5.74, 6) is 0.685. The Kier molecular flexibility index (Phi) is 14.4. The molecular formula is C22H44O4. The smallest absolute Gasteiger partial charge is 0.0771 e. The van der Waals surface area contributed by atoms with Crippen molar-refractivity contribution >= 4 is 0 Å². The normalized spacial score (nSPS) is 20.5. The fourth-order valence-electron chi connectivity index (χ4n) is 3.40. The first-order valence-corrected chi connectivity index (χ1v) is 10.4. The minimum absolute atomic E-state index is 0.0515. The van der Waals surface area contributed by atoms with E-state index in [4.69, 9.17) is 14.2 Å². The van der Waals surface area contributed by atoms with Gasteiger partial charge in [-0.25, -0.2) is 0 Å². The zero-order valence-electron chi connectivity index (χ0n) is 18.4. The minimum Gasteiger partial charge on any atom is -0.389 e. The highest BCUT2D eigenvalue weighted by Crippen LogP contribution is 2.24. The number of methoxy groups -OCH3 is 2. The molecule has 26 heavy (non-hydrogen) atoms. The van der Waals surface area contributed by atoms with Gasteiger partial charge in [-0.05, 0) is 18.8 Å². The molecule has 0 saturated heterocycles. The molecule has 7 atom stereocenters. The summed E-state index contributed by atoms with van der Waals surface area (Å²) < 4.78 is 17.2. The van der Waals surface area contributed by atoms with Gasteiger partial charge in [-0.3, -0.25) is 0 Å². The highest BCUT2D eigenvalue weighted by Gasteiger charge is 2.27. The molecule has 0 spiro atoms. The topological polar surface area (TPSA) is 47.9 Å². The molecule has 0 bridgehead atoms. The Balaban J connectivity index is 4.78. The lowest BCUT2D eigenvalue weighted by Crippen LogP contribution is -2.35. The summed E-state index contributed by atoms with van der Waals surface area (Å²) in [5.41, 5.74) is 0. The van der Waals surface area contributed by atoms with E-state index in [-0.39, 0.29) is 30.1 Å². The number of ether oxygens (including phenoxy) is 3. The predicted octanol–water partition coefficient (Wildman–Crippen LogP) is 4.85. The first kappa shape index (κ1) is 25.6. The summed E-state index contributed by atoms with van der Waals surface area (Å²) >= 11 is 0. The molecule has 0 aromatic rings. The van der Waals surface area contributed by atoms with Gasteiger partial charge in [-0.2, -0.15) is 0 Å². The third-order valence-corrected chi connectivity index (χ3v) is 5.54. The van der Waals surface area contributed by atoms with Crippen LogP contribution >= 0.6 is 0 Å². The summed E-state index contributed by atoms with van der Waals surface area (Å²) in [6, 6.07) is 0. The Hall–Kier alpha value is -0.420. The molecule has 0 amide bonds. The summed E-state index contributed by atoms with van der Waals surface area (Å²) in [5, 5.41) is 10.6.